The van der Waals surface area contributed by atoms with Gasteiger partial charge in [0.05, 0.1) is 37.9 Å². The van der Waals surface area contributed by atoms with E-state index in [1.165, 1.54) is 12.2 Å². The summed E-state index contributed by atoms with van der Waals surface area (Å²) in [7, 11) is -8.02. The first kappa shape index (κ1) is 33.5. The number of aliphatic hydroxyl groups is 3. The predicted octanol–water partition coefficient (Wildman–Crippen LogP) is -0.790. The van der Waals surface area contributed by atoms with Crippen LogP contribution in [0.2, 0.25) is 0 Å². The van der Waals surface area contributed by atoms with Crippen LogP contribution in [0, 0.1) is 0 Å². The van der Waals surface area contributed by atoms with Crippen molar-refractivity contribution < 1.29 is 59.6 Å². The number of rotatable bonds is 9. The molecule has 16 nitrogen and oxygen atoms in total. The van der Waals surface area contributed by atoms with E-state index in [1.54, 1.807) is 13.8 Å². The molecule has 3 N–H and O–H groups in total. The molecule has 0 bridgehead atoms. The minimum atomic E-state index is -4.01. The van der Waals surface area contributed by atoms with E-state index in [2.05, 4.69) is 10.0 Å². The molecule has 0 radical (unpaired) electrons. The van der Waals surface area contributed by atoms with Gasteiger partial charge in [-0.25, -0.2) is 9.59 Å². The van der Waals surface area contributed by atoms with Gasteiger partial charge in [-0.1, -0.05) is 11.2 Å². The lowest BCUT2D eigenvalue weighted by atomic mass is 9.91. The van der Waals surface area contributed by atoms with Gasteiger partial charge >= 0.3 is 11.9 Å². The molecule has 0 aliphatic heterocycles. The third-order valence-electron chi connectivity index (χ3n) is 4.89. The molecule has 38 heavy (non-hydrogen) atoms. The smallest absolute Gasteiger partial charge is 0.333 e. The number of hydrogen-bond acceptors (Lipinski definition) is 14. The van der Waals surface area contributed by atoms with Gasteiger partial charge in [-0.05, 0) is 25.5 Å². The molecule has 0 saturated heterocycles. The molecule has 0 saturated carbocycles. The molecule has 0 unspecified atom stereocenters. The van der Waals surface area contributed by atoms with Crippen LogP contribution in [0.5, 0.6) is 0 Å². The molecular formula is C20H31N3O13S2. The van der Waals surface area contributed by atoms with Crippen molar-refractivity contribution in [1.82, 2.24) is 0 Å². The van der Waals surface area contributed by atoms with Crippen molar-refractivity contribution in [2.24, 2.45) is 5.11 Å². The molecule has 0 amide bonds. The average molecular weight is 586 g/mol. The highest BCUT2D eigenvalue weighted by Crippen LogP contribution is 2.29. The summed E-state index contributed by atoms with van der Waals surface area (Å²) in [5, 5.41) is 31.1. The number of azide groups is 1. The Morgan fingerprint density at radius 1 is 0.947 bits per heavy atom. The van der Waals surface area contributed by atoms with Gasteiger partial charge < -0.3 is 24.8 Å². The third kappa shape index (κ3) is 11.0. The summed E-state index contributed by atoms with van der Waals surface area (Å²) >= 11 is 0. The fourth-order valence-corrected chi connectivity index (χ4v) is 4.68. The molecule has 2 rings (SSSR count). The number of hydrogen-bond donors (Lipinski definition) is 3. The minimum absolute atomic E-state index is 0.00347. The molecule has 0 aromatic rings. The van der Waals surface area contributed by atoms with E-state index in [0.717, 1.165) is 12.5 Å². The molecule has 0 aromatic heterocycles. The van der Waals surface area contributed by atoms with E-state index >= 15 is 0 Å². The van der Waals surface area contributed by atoms with Crippen LogP contribution in [0.4, 0.5) is 0 Å². The average Bonchev–Trinajstić information content (AvgIpc) is 2.78. The highest BCUT2D eigenvalue weighted by Gasteiger charge is 2.41. The van der Waals surface area contributed by atoms with Crippen LogP contribution < -0.4 is 0 Å². The fraction of sp³-hybridized carbons (Fsp3) is 0.700. The Morgan fingerprint density at radius 3 is 1.87 bits per heavy atom. The van der Waals surface area contributed by atoms with Crippen LogP contribution in [0.3, 0.4) is 0 Å². The molecule has 0 spiro atoms. The molecular weight excluding hydrogens is 554 g/mol. The molecule has 216 valence electrons. The number of ether oxygens (including phenoxy) is 2. The summed E-state index contributed by atoms with van der Waals surface area (Å²) in [6.45, 7) is 3.56. The first-order valence-corrected chi connectivity index (χ1v) is 14.8. The summed E-state index contributed by atoms with van der Waals surface area (Å²) in [6.07, 6.45) is -2.75. The van der Waals surface area contributed by atoms with Crippen molar-refractivity contribution in [3.8, 4) is 0 Å². The SMILES string of the molecule is CCOC(=O)C1=C[C@@H](O)[C@@H](O)[C@H](O)C1.CCOC(=O)C1=C[C@H](N=[N+]=[N-])[C@@H](OS(C)(=O)=O)[C@H](OS(C)(=O)=O)C1. The summed E-state index contributed by atoms with van der Waals surface area (Å²) in [4.78, 5) is 25.6. The number of nitrogens with zero attached hydrogens (tertiary/aromatic N) is 3. The van der Waals surface area contributed by atoms with Crippen molar-refractivity contribution in [2.45, 2.75) is 63.3 Å². The summed E-state index contributed by atoms with van der Waals surface area (Å²) in [5.41, 5.74) is 8.83. The maximum Gasteiger partial charge on any atom is 0.333 e. The molecule has 2 aliphatic carbocycles. The molecule has 0 heterocycles. The van der Waals surface area contributed by atoms with Crippen molar-refractivity contribution in [1.29, 1.82) is 0 Å². The number of esters is 2. The first-order chi connectivity index (χ1) is 17.5. The second-order valence-electron chi connectivity index (χ2n) is 8.08. The van der Waals surface area contributed by atoms with Gasteiger partial charge in [0.1, 0.15) is 24.4 Å². The van der Waals surface area contributed by atoms with E-state index in [-0.39, 0.29) is 37.2 Å². The highest BCUT2D eigenvalue weighted by molar-refractivity contribution is 7.86. The van der Waals surface area contributed by atoms with Crippen molar-refractivity contribution >= 4 is 32.2 Å². The second-order valence-corrected chi connectivity index (χ2v) is 11.3. The lowest BCUT2D eigenvalue weighted by Gasteiger charge is -2.32. The summed E-state index contributed by atoms with van der Waals surface area (Å²) < 4.78 is 64.8. The Labute approximate surface area is 219 Å². The van der Waals surface area contributed by atoms with Gasteiger partial charge in [0.2, 0.25) is 0 Å². The van der Waals surface area contributed by atoms with Crippen LogP contribution in [0.25, 0.3) is 10.4 Å². The second kappa shape index (κ2) is 14.5. The standard InChI is InChI=1S/C11H17N3O8S2.C9H14O5/c1-4-20-11(15)7-5-8(13-14-12)10(22-24(3,18)19)9(6-7)21-23(2,16)17;1-2-14-9(13)5-3-6(10)8(12)7(11)4-5/h5,8-10H,4,6H2,1-3H3;3,6-8,10-12H,2,4H2,1H3/t8-,9+,10+;6-,7-,8-/m01/s1. The van der Waals surface area contributed by atoms with Gasteiger partial charge in [-0.2, -0.15) is 16.8 Å². The highest BCUT2D eigenvalue weighted by atomic mass is 32.2. The Kier molecular flexibility index (Phi) is 12.8. The van der Waals surface area contributed by atoms with E-state index in [1.807, 2.05) is 0 Å². The van der Waals surface area contributed by atoms with Crippen LogP contribution in [0.15, 0.2) is 28.4 Å². The minimum Gasteiger partial charge on any atom is -0.463 e. The monoisotopic (exact) mass is 585 g/mol. The summed E-state index contributed by atoms with van der Waals surface area (Å²) in [6, 6.07) is -1.27. The van der Waals surface area contributed by atoms with Gasteiger partial charge in [-0.3, -0.25) is 8.37 Å². The zero-order valence-corrected chi connectivity index (χ0v) is 22.7. The van der Waals surface area contributed by atoms with Crippen molar-refractivity contribution in [3.63, 3.8) is 0 Å². The predicted molar refractivity (Wildman–Crippen MR) is 129 cm³/mol. The van der Waals surface area contributed by atoms with E-state index in [9.17, 15) is 41.7 Å². The fourth-order valence-electron chi connectivity index (χ4n) is 3.41. The van der Waals surface area contributed by atoms with Gasteiger partial charge in [0.15, 0.2) is 0 Å². The Hall–Kier alpha value is -2.57. The van der Waals surface area contributed by atoms with Crippen LogP contribution in [0.1, 0.15) is 26.7 Å². The van der Waals surface area contributed by atoms with Crippen molar-refractivity contribution in [2.75, 3.05) is 25.7 Å². The van der Waals surface area contributed by atoms with Gasteiger partial charge in [-0.15, -0.1) is 0 Å². The zero-order valence-electron chi connectivity index (χ0n) is 21.0. The van der Waals surface area contributed by atoms with Gasteiger partial charge in [0, 0.05) is 28.9 Å². The van der Waals surface area contributed by atoms with E-state index < -0.39 is 68.7 Å². The Balaban J connectivity index is 0.000000437. The van der Waals surface area contributed by atoms with Gasteiger partial charge in [0.25, 0.3) is 20.2 Å². The Morgan fingerprint density at radius 2 is 1.45 bits per heavy atom. The molecule has 18 heteroatoms. The topological polar surface area (TPSA) is 249 Å². The zero-order chi connectivity index (χ0) is 29.3. The van der Waals surface area contributed by atoms with E-state index in [4.69, 9.17) is 23.4 Å². The third-order valence-corrected chi connectivity index (χ3v) is 6.05. The first-order valence-electron chi connectivity index (χ1n) is 11.1. The number of carbonyl (C=O) groups is 2. The van der Waals surface area contributed by atoms with Crippen LogP contribution >= 0.6 is 0 Å². The molecule has 2 aliphatic rings. The molecule has 6 atom stereocenters. The maximum atomic E-state index is 11.9. The lowest BCUT2D eigenvalue weighted by molar-refractivity contribution is -0.140. The Bertz CT molecular complexity index is 1180. The number of carbonyl (C=O) groups excluding carboxylic acids is 2. The number of aliphatic hydroxyl groups excluding tert-OH is 3. The van der Waals surface area contributed by atoms with Crippen LogP contribution in [-0.4, -0.2) is 106 Å². The molecule has 0 fully saturated rings. The lowest BCUT2D eigenvalue weighted by Crippen LogP contribution is -2.45. The van der Waals surface area contributed by atoms with Crippen LogP contribution in [-0.2, 0) is 47.7 Å². The normalized spacial score (nSPS) is 27.4. The molecule has 0 aromatic carbocycles. The maximum absolute atomic E-state index is 11.9. The largest absolute Gasteiger partial charge is 0.463 e. The van der Waals surface area contributed by atoms with E-state index in [0.29, 0.717) is 0 Å². The quantitative estimate of drug-likeness (QED) is 0.0987. The summed E-state index contributed by atoms with van der Waals surface area (Å²) in [5.74, 6) is -1.31. The van der Waals surface area contributed by atoms with Crippen molar-refractivity contribution in [3.05, 3.63) is 33.7 Å².